The van der Waals surface area contributed by atoms with Crippen LogP contribution in [-0.2, 0) is 30.9 Å². The lowest BCUT2D eigenvalue weighted by atomic mass is 10.2. The lowest BCUT2D eigenvalue weighted by molar-refractivity contribution is -0.138. The number of esters is 1. The molecule has 2 aromatic rings. The van der Waals surface area contributed by atoms with Crippen LogP contribution in [0.15, 0.2) is 53.4 Å². The molecule has 0 unspecified atom stereocenters. The van der Waals surface area contributed by atoms with Gasteiger partial charge in [-0.15, -0.1) is 0 Å². The van der Waals surface area contributed by atoms with Crippen molar-refractivity contribution in [1.29, 1.82) is 0 Å². The van der Waals surface area contributed by atoms with E-state index in [0.717, 1.165) is 11.1 Å². The summed E-state index contributed by atoms with van der Waals surface area (Å²) < 4.78 is 43.1. The maximum atomic E-state index is 13.0. The fourth-order valence-electron chi connectivity index (χ4n) is 2.98. The van der Waals surface area contributed by atoms with Crippen molar-refractivity contribution in [3.05, 3.63) is 65.2 Å². The molecule has 0 bridgehead atoms. The van der Waals surface area contributed by atoms with Crippen molar-refractivity contribution in [1.82, 2.24) is 4.31 Å². The van der Waals surface area contributed by atoms with E-state index in [1.807, 2.05) is 31.2 Å². The zero-order valence-electron chi connectivity index (χ0n) is 17.0. The lowest BCUT2D eigenvalue weighted by Gasteiger charge is -2.26. The fourth-order valence-corrected chi connectivity index (χ4v) is 4.57. The Balaban J connectivity index is 1.72. The second kappa shape index (κ2) is 9.88. The molecule has 0 N–H and O–H groups in total. The summed E-state index contributed by atoms with van der Waals surface area (Å²) in [6.45, 7) is 3.44. The highest BCUT2D eigenvalue weighted by Gasteiger charge is 2.29. The van der Waals surface area contributed by atoms with Crippen LogP contribution >= 0.6 is 0 Å². The molecule has 0 radical (unpaired) electrons. The average Bonchev–Trinajstić information content (AvgIpc) is 2.77. The summed E-state index contributed by atoms with van der Waals surface area (Å²) >= 11 is 0. The fraction of sp³-hybridized carbons (Fsp3) is 0.318. The van der Waals surface area contributed by atoms with Gasteiger partial charge in [-0.1, -0.05) is 35.9 Å². The number of hydrogen-bond donors (Lipinski definition) is 0. The van der Waals surface area contributed by atoms with Gasteiger partial charge in [-0.2, -0.15) is 4.31 Å². The summed E-state index contributed by atoms with van der Waals surface area (Å²) in [5, 5.41) is 0. The Morgan fingerprint density at radius 2 is 1.83 bits per heavy atom. The Bertz CT molecular complexity index is 1010. The molecular weight excluding hydrogens is 406 g/mol. The molecule has 0 aliphatic carbocycles. The molecule has 0 atom stereocenters. The molecule has 1 heterocycles. The third kappa shape index (κ3) is 5.47. The van der Waals surface area contributed by atoms with E-state index in [0.29, 0.717) is 18.8 Å². The van der Waals surface area contributed by atoms with E-state index in [9.17, 15) is 13.2 Å². The van der Waals surface area contributed by atoms with Gasteiger partial charge in [-0.25, -0.2) is 13.2 Å². The summed E-state index contributed by atoms with van der Waals surface area (Å²) in [5.74, 6) is -0.260. The third-order valence-corrected chi connectivity index (χ3v) is 6.61. The van der Waals surface area contributed by atoms with Crippen molar-refractivity contribution in [2.24, 2.45) is 0 Å². The number of rotatable bonds is 7. The van der Waals surface area contributed by atoms with E-state index in [-0.39, 0.29) is 30.3 Å². The smallest absolute Gasteiger partial charge is 0.331 e. The van der Waals surface area contributed by atoms with E-state index in [4.69, 9.17) is 14.2 Å². The van der Waals surface area contributed by atoms with E-state index in [2.05, 4.69) is 0 Å². The number of carbonyl (C=O) groups is 1. The molecule has 1 saturated heterocycles. The van der Waals surface area contributed by atoms with E-state index in [1.165, 1.54) is 29.6 Å². The molecule has 0 amide bonds. The van der Waals surface area contributed by atoms with Crippen molar-refractivity contribution >= 4 is 22.1 Å². The van der Waals surface area contributed by atoms with Crippen molar-refractivity contribution in [3.8, 4) is 5.75 Å². The molecule has 1 aliphatic heterocycles. The van der Waals surface area contributed by atoms with Crippen molar-refractivity contribution < 1.29 is 27.4 Å². The number of benzene rings is 2. The maximum absolute atomic E-state index is 13.0. The number of nitrogens with zero attached hydrogens (tertiary/aromatic N) is 1. The molecule has 30 heavy (non-hydrogen) atoms. The number of hydrogen-bond acceptors (Lipinski definition) is 6. The number of carbonyl (C=O) groups excluding carboxylic acids is 1. The quantitative estimate of drug-likeness (QED) is 0.495. The highest BCUT2D eigenvalue weighted by molar-refractivity contribution is 7.89. The standard InChI is InChI=1S/C22H25NO6S/c1-17-3-5-19(6-4-17)16-29-22(24)10-8-18-7-9-20(27-2)21(15-18)30(25,26)23-11-13-28-14-12-23/h3-10,15H,11-14,16H2,1-2H3/b10-8+. The van der Waals surface area contributed by atoms with Gasteiger partial charge >= 0.3 is 5.97 Å². The Hall–Kier alpha value is -2.68. The van der Waals surface area contributed by atoms with Gasteiger partial charge in [-0.05, 0) is 36.3 Å². The van der Waals surface area contributed by atoms with Crippen LogP contribution in [0.2, 0.25) is 0 Å². The number of methoxy groups -OCH3 is 1. The molecule has 8 heteroatoms. The monoisotopic (exact) mass is 431 g/mol. The number of aryl methyl sites for hydroxylation is 1. The topological polar surface area (TPSA) is 82.1 Å². The molecule has 2 aromatic carbocycles. The predicted molar refractivity (Wildman–Crippen MR) is 113 cm³/mol. The minimum Gasteiger partial charge on any atom is -0.495 e. The van der Waals surface area contributed by atoms with Crippen molar-refractivity contribution in [2.45, 2.75) is 18.4 Å². The van der Waals surface area contributed by atoms with Crippen LogP contribution < -0.4 is 4.74 Å². The van der Waals surface area contributed by atoms with E-state index >= 15 is 0 Å². The predicted octanol–water partition coefficient (Wildman–Crippen LogP) is 2.78. The molecule has 3 rings (SSSR count). The van der Waals surface area contributed by atoms with Gasteiger partial charge < -0.3 is 14.2 Å². The van der Waals surface area contributed by atoms with Crippen LogP contribution in [0.25, 0.3) is 6.08 Å². The highest BCUT2D eigenvalue weighted by atomic mass is 32.2. The first-order valence-electron chi connectivity index (χ1n) is 9.56. The minimum absolute atomic E-state index is 0.0575. The van der Waals surface area contributed by atoms with Crippen molar-refractivity contribution in [2.75, 3.05) is 33.4 Å². The second-order valence-corrected chi connectivity index (χ2v) is 8.76. The molecule has 0 aromatic heterocycles. The largest absolute Gasteiger partial charge is 0.495 e. The second-order valence-electron chi connectivity index (χ2n) is 6.85. The zero-order chi connectivity index (χ0) is 21.6. The van der Waals surface area contributed by atoms with Crippen LogP contribution in [0, 0.1) is 6.92 Å². The Labute approximate surface area is 176 Å². The van der Waals surface area contributed by atoms with Crippen LogP contribution in [0.3, 0.4) is 0 Å². The average molecular weight is 432 g/mol. The molecule has 0 saturated carbocycles. The van der Waals surface area contributed by atoms with Crippen LogP contribution in [0.5, 0.6) is 5.75 Å². The highest BCUT2D eigenvalue weighted by Crippen LogP contribution is 2.28. The number of ether oxygens (including phenoxy) is 3. The Morgan fingerprint density at radius 3 is 2.50 bits per heavy atom. The molecule has 0 spiro atoms. The zero-order valence-corrected chi connectivity index (χ0v) is 17.9. The first-order valence-corrected chi connectivity index (χ1v) is 11.0. The number of sulfonamides is 1. The van der Waals surface area contributed by atoms with Gasteiger partial charge in [-0.3, -0.25) is 0 Å². The van der Waals surface area contributed by atoms with Crippen molar-refractivity contribution in [3.63, 3.8) is 0 Å². The van der Waals surface area contributed by atoms with Gasteiger partial charge in [0.15, 0.2) is 0 Å². The Morgan fingerprint density at radius 1 is 1.13 bits per heavy atom. The number of morpholine rings is 1. The first-order chi connectivity index (χ1) is 14.4. The lowest BCUT2D eigenvalue weighted by Crippen LogP contribution is -2.40. The molecule has 160 valence electrons. The molecule has 7 nitrogen and oxygen atoms in total. The maximum Gasteiger partial charge on any atom is 0.331 e. The van der Waals surface area contributed by atoms with Gasteiger partial charge in [0.25, 0.3) is 0 Å². The van der Waals surface area contributed by atoms with Gasteiger partial charge in [0.1, 0.15) is 17.3 Å². The normalized spacial score (nSPS) is 15.3. The SMILES string of the molecule is COc1ccc(/C=C/C(=O)OCc2ccc(C)cc2)cc1S(=O)(=O)N1CCOCC1. The molecule has 1 aliphatic rings. The van der Waals surface area contributed by atoms with Gasteiger partial charge in [0, 0.05) is 19.2 Å². The summed E-state index contributed by atoms with van der Waals surface area (Å²) in [7, 11) is -2.32. The van der Waals surface area contributed by atoms with Gasteiger partial charge in [0.2, 0.25) is 10.0 Å². The Kier molecular flexibility index (Phi) is 7.25. The summed E-state index contributed by atoms with van der Waals surface area (Å²) in [4.78, 5) is 12.1. The van der Waals surface area contributed by atoms with Crippen LogP contribution in [0.4, 0.5) is 0 Å². The van der Waals surface area contributed by atoms with Crippen LogP contribution in [0.1, 0.15) is 16.7 Å². The summed E-state index contributed by atoms with van der Waals surface area (Å²) in [6.07, 6.45) is 2.80. The van der Waals surface area contributed by atoms with E-state index < -0.39 is 16.0 Å². The third-order valence-electron chi connectivity index (χ3n) is 4.69. The van der Waals surface area contributed by atoms with Gasteiger partial charge in [0.05, 0.1) is 20.3 Å². The molecule has 1 fully saturated rings. The molecular formula is C22H25NO6S. The first kappa shape index (κ1) is 22.0. The summed E-state index contributed by atoms with van der Waals surface area (Å²) in [5.41, 5.74) is 2.58. The summed E-state index contributed by atoms with van der Waals surface area (Å²) in [6, 6.07) is 12.5. The van der Waals surface area contributed by atoms with E-state index in [1.54, 1.807) is 12.1 Å². The minimum atomic E-state index is -3.74. The van der Waals surface area contributed by atoms with Crippen LogP contribution in [-0.4, -0.2) is 52.1 Å².